The lowest BCUT2D eigenvalue weighted by Crippen LogP contribution is -2.29. The van der Waals surface area contributed by atoms with Gasteiger partial charge in [0.05, 0.1) is 26.4 Å². The Labute approximate surface area is 260 Å². The van der Waals surface area contributed by atoms with Gasteiger partial charge in [-0.05, 0) is 86.2 Å². The summed E-state index contributed by atoms with van der Waals surface area (Å²) >= 11 is 0. The second kappa shape index (κ2) is 24.7. The van der Waals surface area contributed by atoms with Gasteiger partial charge in [-0.3, -0.25) is 0 Å². The predicted molar refractivity (Wildman–Crippen MR) is 182 cm³/mol. The van der Waals surface area contributed by atoms with Crippen molar-refractivity contribution in [3.63, 3.8) is 0 Å². The molecule has 0 aromatic heterocycles. The molecule has 0 unspecified atom stereocenters. The van der Waals surface area contributed by atoms with E-state index in [0.717, 1.165) is 26.3 Å². The lowest BCUT2D eigenvalue weighted by atomic mass is 10.0. The summed E-state index contributed by atoms with van der Waals surface area (Å²) in [6.45, 7) is 18.9. The molecular formula is C38H64N2O2. The first kappa shape index (κ1) is 36.5. The van der Waals surface area contributed by atoms with Crippen LogP contribution in [0.2, 0.25) is 0 Å². The molecule has 0 atom stereocenters. The Morgan fingerprint density at radius 2 is 0.810 bits per heavy atom. The van der Waals surface area contributed by atoms with E-state index in [1.54, 1.807) is 0 Å². The molecule has 0 amide bonds. The molecule has 2 aromatic rings. The van der Waals surface area contributed by atoms with Crippen molar-refractivity contribution in [2.75, 3.05) is 52.5 Å². The molecule has 0 aliphatic heterocycles. The highest BCUT2D eigenvalue weighted by molar-refractivity contribution is 5.64. The first-order chi connectivity index (χ1) is 20.7. The van der Waals surface area contributed by atoms with Crippen molar-refractivity contribution in [2.24, 2.45) is 0 Å². The molecule has 0 aliphatic rings. The number of nitrogens with zero attached hydrogens (tertiary/aromatic N) is 2. The minimum Gasteiger partial charge on any atom is -0.375 e. The van der Waals surface area contributed by atoms with Crippen LogP contribution in [0.3, 0.4) is 0 Å². The summed E-state index contributed by atoms with van der Waals surface area (Å²) in [5, 5.41) is 0. The molecule has 238 valence electrons. The van der Waals surface area contributed by atoms with Crippen molar-refractivity contribution in [3.05, 3.63) is 59.7 Å². The Hall–Kier alpha value is -1.72. The maximum absolute atomic E-state index is 6.16. The third-order valence-corrected chi connectivity index (χ3v) is 8.14. The van der Waals surface area contributed by atoms with Crippen LogP contribution in [0.5, 0.6) is 0 Å². The van der Waals surface area contributed by atoms with Gasteiger partial charge in [-0.1, -0.05) is 115 Å². The van der Waals surface area contributed by atoms with Crippen molar-refractivity contribution in [1.29, 1.82) is 0 Å². The first-order valence-electron chi connectivity index (χ1n) is 17.5. The highest BCUT2D eigenvalue weighted by atomic mass is 16.5. The fourth-order valence-corrected chi connectivity index (χ4v) is 5.46. The van der Waals surface area contributed by atoms with E-state index in [4.69, 9.17) is 9.47 Å². The molecule has 0 saturated carbocycles. The van der Waals surface area contributed by atoms with E-state index in [9.17, 15) is 0 Å². The SMILES string of the molecule is CCCCCN(CCCCC)CCOCc1cccc(-c2cccc(COCCN(CCCCC)CCCCC)c2)c1. The monoisotopic (exact) mass is 580 g/mol. The third-order valence-electron chi connectivity index (χ3n) is 8.14. The Bertz CT molecular complexity index is 809. The molecule has 0 saturated heterocycles. The van der Waals surface area contributed by atoms with Gasteiger partial charge >= 0.3 is 0 Å². The Balaban J connectivity index is 1.81. The lowest BCUT2D eigenvalue weighted by molar-refractivity contribution is 0.0912. The average Bonchev–Trinajstić information content (AvgIpc) is 3.01. The lowest BCUT2D eigenvalue weighted by Gasteiger charge is -2.22. The smallest absolute Gasteiger partial charge is 0.0717 e. The summed E-state index contributed by atoms with van der Waals surface area (Å²) in [5.41, 5.74) is 4.97. The standard InChI is InChI=1S/C38H64N2O2/c1-5-9-13-23-39(24-14-10-6-2)27-29-41-33-35-19-17-21-37(31-35)38-22-18-20-36(32-38)34-42-30-28-40(25-15-11-7-3)26-16-12-8-4/h17-22,31-32H,5-16,23-30,33-34H2,1-4H3. The van der Waals surface area contributed by atoms with Crippen LogP contribution >= 0.6 is 0 Å². The molecule has 0 spiro atoms. The van der Waals surface area contributed by atoms with Gasteiger partial charge < -0.3 is 19.3 Å². The molecule has 0 radical (unpaired) electrons. The normalized spacial score (nSPS) is 11.7. The molecule has 0 N–H and O–H groups in total. The van der Waals surface area contributed by atoms with Crippen LogP contribution in [-0.4, -0.2) is 62.3 Å². The molecule has 4 nitrogen and oxygen atoms in total. The average molecular weight is 581 g/mol. The summed E-state index contributed by atoms with van der Waals surface area (Å²) in [7, 11) is 0. The predicted octanol–water partition coefficient (Wildman–Crippen LogP) is 9.75. The van der Waals surface area contributed by atoms with Crippen LogP contribution in [0.4, 0.5) is 0 Å². The summed E-state index contributed by atoms with van der Waals surface area (Å²) in [4.78, 5) is 5.21. The van der Waals surface area contributed by atoms with E-state index in [1.165, 1.54) is 125 Å². The Morgan fingerprint density at radius 3 is 1.14 bits per heavy atom. The molecule has 4 heteroatoms. The van der Waals surface area contributed by atoms with Gasteiger partial charge in [-0.25, -0.2) is 0 Å². The van der Waals surface area contributed by atoms with Gasteiger partial charge in [0, 0.05) is 13.1 Å². The zero-order valence-electron chi connectivity index (χ0n) is 27.9. The second-order valence-corrected chi connectivity index (χ2v) is 12.0. The van der Waals surface area contributed by atoms with E-state index in [0.29, 0.717) is 13.2 Å². The zero-order valence-corrected chi connectivity index (χ0v) is 27.9. The largest absolute Gasteiger partial charge is 0.375 e. The van der Waals surface area contributed by atoms with Crippen molar-refractivity contribution in [2.45, 2.75) is 118 Å². The second-order valence-electron chi connectivity index (χ2n) is 12.0. The maximum atomic E-state index is 6.16. The zero-order chi connectivity index (χ0) is 30.1. The van der Waals surface area contributed by atoms with Crippen LogP contribution in [0.15, 0.2) is 48.5 Å². The molecule has 42 heavy (non-hydrogen) atoms. The molecule has 0 bridgehead atoms. The first-order valence-corrected chi connectivity index (χ1v) is 17.5. The van der Waals surface area contributed by atoms with E-state index in [1.807, 2.05) is 0 Å². The van der Waals surface area contributed by atoms with Crippen molar-refractivity contribution < 1.29 is 9.47 Å². The molecule has 2 aromatic carbocycles. The maximum Gasteiger partial charge on any atom is 0.0717 e. The number of ether oxygens (including phenoxy) is 2. The molecule has 2 rings (SSSR count). The van der Waals surface area contributed by atoms with Crippen LogP contribution in [-0.2, 0) is 22.7 Å². The van der Waals surface area contributed by atoms with E-state index < -0.39 is 0 Å². The van der Waals surface area contributed by atoms with E-state index in [2.05, 4.69) is 86.0 Å². The summed E-state index contributed by atoms with van der Waals surface area (Å²) < 4.78 is 12.3. The molecular weight excluding hydrogens is 516 g/mol. The van der Waals surface area contributed by atoms with Crippen molar-refractivity contribution in [1.82, 2.24) is 9.80 Å². The number of hydrogen-bond acceptors (Lipinski definition) is 4. The van der Waals surface area contributed by atoms with Crippen molar-refractivity contribution in [3.8, 4) is 11.1 Å². The fourth-order valence-electron chi connectivity index (χ4n) is 5.46. The van der Waals surface area contributed by atoms with Gasteiger partial charge in [0.25, 0.3) is 0 Å². The van der Waals surface area contributed by atoms with Gasteiger partial charge in [-0.2, -0.15) is 0 Å². The number of unbranched alkanes of at least 4 members (excludes halogenated alkanes) is 8. The summed E-state index contributed by atoms with van der Waals surface area (Å²) in [6.07, 6.45) is 15.6. The number of rotatable bonds is 27. The quantitative estimate of drug-likeness (QED) is 0.0982. The van der Waals surface area contributed by atoms with Crippen LogP contribution in [0.1, 0.15) is 116 Å². The Morgan fingerprint density at radius 1 is 0.452 bits per heavy atom. The van der Waals surface area contributed by atoms with Gasteiger partial charge in [0.2, 0.25) is 0 Å². The fraction of sp³-hybridized carbons (Fsp3) is 0.684. The van der Waals surface area contributed by atoms with Crippen LogP contribution < -0.4 is 0 Å². The van der Waals surface area contributed by atoms with Gasteiger partial charge in [0.15, 0.2) is 0 Å². The molecule has 0 aliphatic carbocycles. The minimum atomic E-state index is 0.668. The van der Waals surface area contributed by atoms with E-state index >= 15 is 0 Å². The van der Waals surface area contributed by atoms with Gasteiger partial charge in [0.1, 0.15) is 0 Å². The summed E-state index contributed by atoms with van der Waals surface area (Å²) in [5.74, 6) is 0. The highest BCUT2D eigenvalue weighted by Gasteiger charge is 2.07. The van der Waals surface area contributed by atoms with Crippen molar-refractivity contribution >= 4 is 0 Å². The van der Waals surface area contributed by atoms with Crippen LogP contribution in [0, 0.1) is 0 Å². The molecule has 0 fully saturated rings. The topological polar surface area (TPSA) is 24.9 Å². The van der Waals surface area contributed by atoms with Crippen LogP contribution in [0.25, 0.3) is 11.1 Å². The number of benzene rings is 2. The van der Waals surface area contributed by atoms with Gasteiger partial charge in [-0.15, -0.1) is 0 Å². The highest BCUT2D eigenvalue weighted by Crippen LogP contribution is 2.22. The Kier molecular flexibility index (Phi) is 21.4. The minimum absolute atomic E-state index is 0.668. The third kappa shape index (κ3) is 16.8. The number of hydrogen-bond donors (Lipinski definition) is 0. The van der Waals surface area contributed by atoms with E-state index in [-0.39, 0.29) is 0 Å². The molecule has 0 heterocycles. The summed E-state index contributed by atoms with van der Waals surface area (Å²) in [6, 6.07) is 17.7.